The molecule has 0 aromatic heterocycles. The van der Waals surface area contributed by atoms with E-state index < -0.39 is 6.04 Å². The van der Waals surface area contributed by atoms with Crippen molar-refractivity contribution in [2.45, 2.75) is 113 Å². The lowest BCUT2D eigenvalue weighted by molar-refractivity contribution is -0.130. The predicted octanol–water partition coefficient (Wildman–Crippen LogP) is 7.25. The molecule has 46 heavy (non-hydrogen) atoms. The van der Waals surface area contributed by atoms with Crippen molar-refractivity contribution in [1.29, 1.82) is 0 Å². The molecule has 3 N–H and O–H groups in total. The van der Waals surface area contributed by atoms with Crippen LogP contribution in [0, 0.1) is 18.7 Å². The number of carbonyl (C=O) groups excluding carboxylic acids is 3. The lowest BCUT2D eigenvalue weighted by Gasteiger charge is -2.22. The fraction of sp³-hybridized carbons (Fsp3) is 0.605. The molecule has 0 aliphatic rings. The van der Waals surface area contributed by atoms with Gasteiger partial charge < -0.3 is 20.9 Å². The number of carbonyl (C=O) groups is 3. The molecular formula is C38H65FN4O3. The average Bonchev–Trinajstić information content (AvgIpc) is 3.02. The van der Waals surface area contributed by atoms with Crippen molar-refractivity contribution in [2.75, 3.05) is 33.7 Å². The van der Waals surface area contributed by atoms with E-state index in [1.54, 1.807) is 13.0 Å². The van der Waals surface area contributed by atoms with E-state index in [0.29, 0.717) is 19.5 Å². The minimum atomic E-state index is -0.664. The molecule has 2 aromatic carbocycles. The summed E-state index contributed by atoms with van der Waals surface area (Å²) in [5, 5.41) is 8.15. The summed E-state index contributed by atoms with van der Waals surface area (Å²) < 4.78 is 12.2. The number of likely N-dealkylation sites (N-methyl/N-ethyl adjacent to an activating group) is 1. The number of halogens is 1. The number of nitrogens with zero attached hydrogens (tertiary/aromatic N) is 1. The van der Waals surface area contributed by atoms with E-state index in [4.69, 9.17) is 0 Å². The van der Waals surface area contributed by atoms with Crippen LogP contribution in [-0.4, -0.2) is 62.4 Å². The number of amides is 3. The fourth-order valence-corrected chi connectivity index (χ4v) is 3.93. The van der Waals surface area contributed by atoms with E-state index in [0.717, 1.165) is 37.2 Å². The summed E-state index contributed by atoms with van der Waals surface area (Å²) in [6, 6.07) is 14.3. The Kier molecular flexibility index (Phi) is 28.4. The lowest BCUT2D eigenvalue weighted by Crippen LogP contribution is -2.53. The molecule has 0 heterocycles. The van der Waals surface area contributed by atoms with Gasteiger partial charge in [-0.1, -0.05) is 111 Å². The quantitative estimate of drug-likeness (QED) is 0.178. The molecule has 1 atom stereocenters. The maximum atomic E-state index is 12.5. The highest BCUT2D eigenvalue weighted by atomic mass is 19.1. The second-order valence-electron chi connectivity index (χ2n) is 11.9. The highest BCUT2D eigenvalue weighted by molar-refractivity contribution is 5.90. The number of hydrogen-bond donors (Lipinski definition) is 3. The van der Waals surface area contributed by atoms with Crippen LogP contribution in [0.2, 0.25) is 0 Å². The molecule has 8 heteroatoms. The number of nitrogens with one attached hydrogen (secondary N) is 3. The van der Waals surface area contributed by atoms with Gasteiger partial charge in [0.1, 0.15) is 11.9 Å². The van der Waals surface area contributed by atoms with E-state index in [2.05, 4.69) is 75.7 Å². The average molecular weight is 645 g/mol. The third kappa shape index (κ3) is 25.0. The largest absolute Gasteiger partial charge is 0.354 e. The zero-order valence-electron chi connectivity index (χ0n) is 30.6. The van der Waals surface area contributed by atoms with Crippen molar-refractivity contribution in [3.8, 4) is 0 Å². The molecule has 0 fully saturated rings. The van der Waals surface area contributed by atoms with Crippen molar-refractivity contribution in [3.63, 3.8) is 0 Å². The molecule has 0 saturated heterocycles. The van der Waals surface area contributed by atoms with Crippen LogP contribution in [0.5, 0.6) is 0 Å². The Morgan fingerprint density at radius 3 is 1.85 bits per heavy atom. The van der Waals surface area contributed by atoms with Crippen LogP contribution in [-0.2, 0) is 27.2 Å². The molecule has 0 saturated carbocycles. The first-order valence-electron chi connectivity index (χ1n) is 17.2. The lowest BCUT2D eigenvalue weighted by atomic mass is 9.99. The Bertz CT molecular complexity index is 1060. The van der Waals surface area contributed by atoms with Gasteiger partial charge in [0.25, 0.3) is 0 Å². The van der Waals surface area contributed by atoms with Crippen LogP contribution in [0.15, 0.2) is 48.5 Å². The van der Waals surface area contributed by atoms with Crippen LogP contribution in [0.3, 0.4) is 0 Å². The van der Waals surface area contributed by atoms with Crippen LogP contribution in [0.1, 0.15) is 104 Å². The standard InChI is InChI=1S/C22H36N4O3.C7H7F.C6H14.C3H8/c1-5-10-17-11-7-8-12-18(17)13-9-14-23-22(29)19(16-26(3)4)25-21(28)15-24-20(27)6-2;1-6-3-2-4-7(8)5-6;1-4-6(3)5-2;1-3-2/h7-8,11-12,19H,5-6,9-10,13-16H2,1-4H3,(H,23,29)(H,24,27)(H,25,28);2-5H,1H3;6H,4-5H2,1-3H3;3H2,1-2H3. The van der Waals surface area contributed by atoms with Crippen LogP contribution >= 0.6 is 0 Å². The van der Waals surface area contributed by atoms with Crippen molar-refractivity contribution in [2.24, 2.45) is 5.92 Å². The first-order chi connectivity index (χ1) is 21.9. The van der Waals surface area contributed by atoms with Gasteiger partial charge in [-0.15, -0.1) is 0 Å². The van der Waals surface area contributed by atoms with E-state index in [-0.39, 0.29) is 30.1 Å². The van der Waals surface area contributed by atoms with E-state index in [1.165, 1.54) is 42.5 Å². The molecule has 2 aromatic rings. The normalized spacial score (nSPS) is 10.7. The summed E-state index contributed by atoms with van der Waals surface area (Å²) >= 11 is 0. The number of hydrogen-bond acceptors (Lipinski definition) is 4. The summed E-state index contributed by atoms with van der Waals surface area (Å²) in [5.74, 6) is -0.00915. The molecule has 0 radical (unpaired) electrons. The van der Waals surface area contributed by atoms with E-state index >= 15 is 0 Å². The smallest absolute Gasteiger partial charge is 0.243 e. The van der Waals surface area contributed by atoms with Gasteiger partial charge >= 0.3 is 0 Å². The van der Waals surface area contributed by atoms with Crippen LogP contribution in [0.4, 0.5) is 4.39 Å². The van der Waals surface area contributed by atoms with Gasteiger partial charge in [-0.3, -0.25) is 14.4 Å². The molecule has 0 aliphatic carbocycles. The number of rotatable bonds is 15. The molecular weight excluding hydrogens is 579 g/mol. The summed E-state index contributed by atoms with van der Waals surface area (Å²) in [6.45, 7) is 17.5. The summed E-state index contributed by atoms with van der Waals surface area (Å²) in [6.07, 6.45) is 8.14. The molecule has 262 valence electrons. The molecule has 0 bridgehead atoms. The highest BCUT2D eigenvalue weighted by Gasteiger charge is 2.21. The zero-order chi connectivity index (χ0) is 35.3. The summed E-state index contributed by atoms with van der Waals surface area (Å²) in [7, 11) is 3.69. The summed E-state index contributed by atoms with van der Waals surface area (Å²) in [5.41, 5.74) is 3.66. The van der Waals surface area contributed by atoms with Gasteiger partial charge in [0.15, 0.2) is 0 Å². The Labute approximate surface area is 280 Å². The van der Waals surface area contributed by atoms with E-state index in [9.17, 15) is 18.8 Å². The Balaban J connectivity index is 0. The second kappa shape index (κ2) is 29.2. The Hall–Kier alpha value is -3.26. The fourth-order valence-electron chi connectivity index (χ4n) is 3.93. The molecule has 7 nitrogen and oxygen atoms in total. The van der Waals surface area contributed by atoms with Crippen LogP contribution < -0.4 is 16.0 Å². The molecule has 0 aliphatic heterocycles. The third-order valence-corrected chi connectivity index (χ3v) is 6.90. The SMILES string of the molecule is CCC.CCC(C)CC.CCCc1ccccc1CCCNC(=O)C(CN(C)C)NC(=O)CNC(=O)CC.Cc1cccc(F)c1. The predicted molar refractivity (Wildman–Crippen MR) is 192 cm³/mol. The first-order valence-corrected chi connectivity index (χ1v) is 17.2. The van der Waals surface area contributed by atoms with Gasteiger partial charge in [0.2, 0.25) is 17.7 Å². The second-order valence-corrected chi connectivity index (χ2v) is 11.9. The molecule has 0 spiro atoms. The maximum Gasteiger partial charge on any atom is 0.243 e. The van der Waals surface area contributed by atoms with Crippen molar-refractivity contribution in [3.05, 3.63) is 71.0 Å². The van der Waals surface area contributed by atoms with Crippen molar-refractivity contribution < 1.29 is 18.8 Å². The monoisotopic (exact) mass is 645 g/mol. The topological polar surface area (TPSA) is 90.5 Å². The number of aryl methyl sites for hydroxylation is 3. The molecule has 1 unspecified atom stereocenters. The van der Waals surface area contributed by atoms with Gasteiger partial charge in [0.05, 0.1) is 6.54 Å². The van der Waals surface area contributed by atoms with Gasteiger partial charge in [-0.2, -0.15) is 0 Å². The molecule has 2 rings (SSSR count). The maximum absolute atomic E-state index is 12.5. The minimum Gasteiger partial charge on any atom is -0.354 e. The van der Waals surface area contributed by atoms with Crippen molar-refractivity contribution >= 4 is 17.7 Å². The van der Waals surface area contributed by atoms with Gasteiger partial charge in [-0.25, -0.2) is 4.39 Å². The Morgan fingerprint density at radius 1 is 0.826 bits per heavy atom. The first kappa shape index (κ1) is 44.9. The van der Waals surface area contributed by atoms with Gasteiger partial charge in [-0.05, 0) is 75.0 Å². The van der Waals surface area contributed by atoms with Gasteiger partial charge in [0, 0.05) is 19.5 Å². The summed E-state index contributed by atoms with van der Waals surface area (Å²) in [4.78, 5) is 37.7. The Morgan fingerprint density at radius 2 is 1.41 bits per heavy atom. The minimum absolute atomic E-state index is 0.127. The third-order valence-electron chi connectivity index (χ3n) is 6.90. The van der Waals surface area contributed by atoms with E-state index in [1.807, 2.05) is 38.1 Å². The highest BCUT2D eigenvalue weighted by Crippen LogP contribution is 2.13. The number of benzene rings is 2. The molecule has 3 amide bonds. The van der Waals surface area contributed by atoms with Crippen molar-refractivity contribution in [1.82, 2.24) is 20.9 Å². The van der Waals surface area contributed by atoms with Crippen LogP contribution in [0.25, 0.3) is 0 Å². The zero-order valence-corrected chi connectivity index (χ0v) is 30.6.